The molecular weight excluding hydrogens is 415 g/mol. The molecule has 0 bridgehead atoms. The fourth-order valence-corrected chi connectivity index (χ4v) is 3.94. The number of anilines is 1. The average molecular weight is 437 g/mol. The predicted octanol–water partition coefficient (Wildman–Crippen LogP) is 3.84. The van der Waals surface area contributed by atoms with Crippen LogP contribution in [0.4, 0.5) is 23.7 Å². The lowest BCUT2D eigenvalue weighted by Gasteiger charge is -2.47. The van der Waals surface area contributed by atoms with Crippen molar-refractivity contribution in [1.29, 1.82) is 0 Å². The molecule has 2 fully saturated rings. The fourth-order valence-electron chi connectivity index (χ4n) is 3.94. The van der Waals surface area contributed by atoms with Crippen LogP contribution in [0.1, 0.15) is 29.0 Å². The molecule has 1 aromatic heterocycles. The van der Waals surface area contributed by atoms with Gasteiger partial charge in [-0.25, -0.2) is 4.79 Å². The van der Waals surface area contributed by atoms with Crippen molar-refractivity contribution in [1.82, 2.24) is 9.80 Å². The number of nitrogens with one attached hydrogen (secondary N) is 1. The molecule has 166 valence electrons. The second kappa shape index (κ2) is 8.26. The number of carbonyl (C=O) groups excluding carboxylic acids is 2. The molecule has 2 aliphatic heterocycles. The summed E-state index contributed by atoms with van der Waals surface area (Å²) in [6.07, 6.45) is -1.82. The standard InChI is InChI=1S/C21H22F3N3O4/c22-21(23,24)15-3-5-16(6-4-15)25-19(29)27-11-13-31-20(14-27)7-9-26(10-8-20)18(28)17-2-1-12-30-17/h1-6,12H,7-11,13-14H2,(H,25,29). The SMILES string of the molecule is O=C(Nc1ccc(C(F)(F)F)cc1)N1CCOC2(CCN(C(=O)c3ccco3)CC2)C1. The van der Waals surface area contributed by atoms with E-state index in [1.54, 1.807) is 21.9 Å². The number of carbonyl (C=O) groups is 2. The van der Waals surface area contributed by atoms with Crippen molar-refractivity contribution in [2.75, 3.05) is 38.1 Å². The van der Waals surface area contributed by atoms with E-state index in [2.05, 4.69) is 5.32 Å². The van der Waals surface area contributed by atoms with Crippen molar-refractivity contribution in [3.63, 3.8) is 0 Å². The third kappa shape index (κ3) is 4.68. The predicted molar refractivity (Wildman–Crippen MR) is 105 cm³/mol. The van der Waals surface area contributed by atoms with Gasteiger partial charge < -0.3 is 24.3 Å². The zero-order valence-electron chi connectivity index (χ0n) is 16.7. The Morgan fingerprint density at radius 3 is 2.32 bits per heavy atom. The van der Waals surface area contributed by atoms with E-state index < -0.39 is 23.4 Å². The largest absolute Gasteiger partial charge is 0.459 e. The smallest absolute Gasteiger partial charge is 0.416 e. The summed E-state index contributed by atoms with van der Waals surface area (Å²) >= 11 is 0. The highest BCUT2D eigenvalue weighted by atomic mass is 19.4. The number of rotatable bonds is 2. The fraction of sp³-hybridized carbons (Fsp3) is 0.429. The number of benzene rings is 1. The van der Waals surface area contributed by atoms with Crippen LogP contribution >= 0.6 is 0 Å². The Morgan fingerprint density at radius 2 is 1.71 bits per heavy atom. The normalized spacial score (nSPS) is 18.8. The third-order valence-electron chi connectivity index (χ3n) is 5.69. The van der Waals surface area contributed by atoms with Crippen LogP contribution in [0.25, 0.3) is 0 Å². The first-order chi connectivity index (χ1) is 14.8. The summed E-state index contributed by atoms with van der Waals surface area (Å²) < 4.78 is 49.3. The minimum atomic E-state index is -4.42. The van der Waals surface area contributed by atoms with Gasteiger partial charge in [0.05, 0.1) is 30.6 Å². The Kier molecular flexibility index (Phi) is 5.65. The zero-order valence-corrected chi connectivity index (χ0v) is 16.7. The van der Waals surface area contributed by atoms with Crippen molar-refractivity contribution in [3.8, 4) is 0 Å². The quantitative estimate of drug-likeness (QED) is 0.775. The van der Waals surface area contributed by atoms with Crippen LogP contribution in [0.15, 0.2) is 47.1 Å². The molecule has 10 heteroatoms. The highest BCUT2D eigenvalue weighted by molar-refractivity contribution is 5.91. The van der Waals surface area contributed by atoms with Gasteiger partial charge in [-0.3, -0.25) is 4.79 Å². The van der Waals surface area contributed by atoms with Crippen LogP contribution in [0.5, 0.6) is 0 Å². The molecule has 4 rings (SSSR count). The van der Waals surface area contributed by atoms with Crippen LogP contribution < -0.4 is 5.32 Å². The number of nitrogens with zero attached hydrogens (tertiary/aromatic N) is 2. The molecule has 0 aliphatic carbocycles. The van der Waals surface area contributed by atoms with Crippen molar-refractivity contribution < 1.29 is 31.9 Å². The summed E-state index contributed by atoms with van der Waals surface area (Å²) in [5.74, 6) is 0.116. The second-order valence-corrected chi connectivity index (χ2v) is 7.73. The highest BCUT2D eigenvalue weighted by Gasteiger charge is 2.42. The van der Waals surface area contributed by atoms with Crippen LogP contribution in [0, 0.1) is 0 Å². The van der Waals surface area contributed by atoms with Gasteiger partial charge in [0, 0.05) is 25.3 Å². The lowest BCUT2D eigenvalue weighted by atomic mass is 9.89. The van der Waals surface area contributed by atoms with Crippen molar-refractivity contribution >= 4 is 17.6 Å². The Morgan fingerprint density at radius 1 is 1.00 bits per heavy atom. The molecular formula is C21H22F3N3O4. The minimum Gasteiger partial charge on any atom is -0.459 e. The first-order valence-electron chi connectivity index (χ1n) is 9.96. The molecule has 2 saturated heterocycles. The molecule has 2 aliphatic rings. The molecule has 31 heavy (non-hydrogen) atoms. The lowest BCUT2D eigenvalue weighted by molar-refractivity contribution is -0.137. The molecule has 0 saturated carbocycles. The number of hydrogen-bond donors (Lipinski definition) is 1. The second-order valence-electron chi connectivity index (χ2n) is 7.73. The number of likely N-dealkylation sites (tertiary alicyclic amines) is 1. The van der Waals surface area contributed by atoms with E-state index in [4.69, 9.17) is 9.15 Å². The van der Waals surface area contributed by atoms with Gasteiger partial charge in [0.1, 0.15) is 0 Å². The van der Waals surface area contributed by atoms with E-state index in [9.17, 15) is 22.8 Å². The number of amides is 3. The number of halogens is 3. The first-order valence-corrected chi connectivity index (χ1v) is 9.96. The summed E-state index contributed by atoms with van der Waals surface area (Å²) in [5, 5.41) is 2.64. The van der Waals surface area contributed by atoms with Crippen molar-refractivity contribution in [2.24, 2.45) is 0 Å². The number of furan rings is 1. The Hall–Kier alpha value is -3.01. The van der Waals surface area contributed by atoms with E-state index >= 15 is 0 Å². The van der Waals surface area contributed by atoms with Crippen molar-refractivity contribution in [2.45, 2.75) is 24.6 Å². The van der Waals surface area contributed by atoms with Gasteiger partial charge >= 0.3 is 12.2 Å². The van der Waals surface area contributed by atoms with Gasteiger partial charge in [0.2, 0.25) is 0 Å². The number of hydrogen-bond acceptors (Lipinski definition) is 4. The minimum absolute atomic E-state index is 0.174. The van der Waals surface area contributed by atoms with Gasteiger partial charge in [0.25, 0.3) is 5.91 Å². The van der Waals surface area contributed by atoms with Crippen molar-refractivity contribution in [3.05, 3.63) is 54.0 Å². The molecule has 3 heterocycles. The van der Waals surface area contributed by atoms with Crippen LogP contribution in [0.3, 0.4) is 0 Å². The summed E-state index contributed by atoms with van der Waals surface area (Å²) in [6.45, 7) is 2.04. The molecule has 2 aromatic rings. The van der Waals surface area contributed by atoms with E-state index in [-0.39, 0.29) is 17.4 Å². The molecule has 1 aromatic carbocycles. The van der Waals surface area contributed by atoms with E-state index in [1.165, 1.54) is 18.4 Å². The number of urea groups is 1. The average Bonchev–Trinajstić information content (AvgIpc) is 3.29. The third-order valence-corrected chi connectivity index (χ3v) is 5.69. The number of piperidine rings is 1. The molecule has 1 spiro atoms. The lowest BCUT2D eigenvalue weighted by Crippen LogP contribution is -2.59. The highest BCUT2D eigenvalue weighted by Crippen LogP contribution is 2.32. The first kappa shape index (κ1) is 21.2. The number of ether oxygens (including phenoxy) is 1. The molecule has 3 amide bonds. The van der Waals surface area contributed by atoms with Gasteiger partial charge in [-0.2, -0.15) is 13.2 Å². The summed E-state index contributed by atoms with van der Waals surface area (Å²) in [4.78, 5) is 28.4. The van der Waals surface area contributed by atoms with Crippen LogP contribution in [-0.4, -0.2) is 60.1 Å². The molecule has 0 atom stereocenters. The maximum absolute atomic E-state index is 12.7. The molecule has 0 unspecified atom stereocenters. The van der Waals surface area contributed by atoms with Crippen LogP contribution in [-0.2, 0) is 10.9 Å². The van der Waals surface area contributed by atoms with E-state index in [0.717, 1.165) is 12.1 Å². The van der Waals surface area contributed by atoms with Gasteiger partial charge in [-0.15, -0.1) is 0 Å². The topological polar surface area (TPSA) is 75.0 Å². The molecule has 1 N–H and O–H groups in total. The summed E-state index contributed by atoms with van der Waals surface area (Å²) in [5.41, 5.74) is -1.03. The van der Waals surface area contributed by atoms with Gasteiger partial charge in [-0.05, 0) is 49.2 Å². The van der Waals surface area contributed by atoms with Gasteiger partial charge in [-0.1, -0.05) is 0 Å². The molecule has 0 radical (unpaired) electrons. The summed E-state index contributed by atoms with van der Waals surface area (Å²) in [6, 6.07) is 7.22. The number of morpholine rings is 1. The molecule has 7 nitrogen and oxygen atoms in total. The maximum Gasteiger partial charge on any atom is 0.416 e. The zero-order chi connectivity index (χ0) is 22.1. The van der Waals surface area contributed by atoms with Crippen LogP contribution in [0.2, 0.25) is 0 Å². The number of alkyl halides is 3. The maximum atomic E-state index is 12.7. The van der Waals surface area contributed by atoms with E-state index in [0.29, 0.717) is 45.6 Å². The van der Waals surface area contributed by atoms with Gasteiger partial charge in [0.15, 0.2) is 5.76 Å². The summed E-state index contributed by atoms with van der Waals surface area (Å²) in [7, 11) is 0. The Labute approximate surface area is 176 Å². The monoisotopic (exact) mass is 437 g/mol. The Balaban J connectivity index is 1.34. The Bertz CT molecular complexity index is 920. The van der Waals surface area contributed by atoms with E-state index in [1.807, 2.05) is 0 Å².